The quantitative estimate of drug-likeness (QED) is 0.159. The highest BCUT2D eigenvalue weighted by molar-refractivity contribution is 6.55. The molecule has 0 saturated carbocycles. The number of carboxylic acids is 1. The lowest BCUT2D eigenvalue weighted by Gasteiger charge is -2.19. The van der Waals surface area contributed by atoms with E-state index in [-0.39, 0.29) is 28.4 Å². The number of phenolic OH excluding ortho intramolecular Hbond substituents is 1. The molecule has 0 aliphatic carbocycles. The fraction of sp³-hybridized carbons (Fsp3) is 0.182. The molecule has 0 bridgehead atoms. The molecule has 0 radical (unpaired) electrons. The van der Waals surface area contributed by atoms with Crippen molar-refractivity contribution in [1.29, 1.82) is 0 Å². The first-order valence-electron chi connectivity index (χ1n) is 13.4. The Balaban J connectivity index is 1.54. The molecule has 43 heavy (non-hydrogen) atoms. The number of amides is 1. The Morgan fingerprint density at radius 2 is 1.60 bits per heavy atom. The number of aromatic hydroxyl groups is 1. The Morgan fingerprint density at radius 1 is 0.907 bits per heavy atom. The topological polar surface area (TPSA) is 102 Å². The molecule has 1 aliphatic heterocycles. The number of nitrogens with zero attached hydrogens (tertiary/aromatic N) is 2. The first kappa shape index (κ1) is 29.4. The third-order valence-electron chi connectivity index (χ3n) is 7.61. The normalized spacial score (nSPS) is 14.6. The largest absolute Gasteiger partial charge is 0.505 e. The van der Waals surface area contributed by atoms with Gasteiger partial charge in [0.25, 0.3) is 5.91 Å². The Hall–Kier alpha value is -5.12. The number of benzene rings is 4. The Bertz CT molecular complexity index is 1800. The van der Waals surface area contributed by atoms with E-state index in [1.54, 1.807) is 68.4 Å². The molecule has 5 rings (SSSR count). The van der Waals surface area contributed by atoms with E-state index < -0.39 is 29.5 Å². The molecule has 1 amide bonds. The smallest absolute Gasteiger partial charge is 0.416 e. The number of aliphatic carboxylic acids is 1. The number of carbonyl (C=O) groups excluding carboxylic acids is 1. The van der Waals surface area contributed by atoms with Crippen molar-refractivity contribution in [1.82, 2.24) is 0 Å². The average molecular weight is 588 g/mol. The molecule has 0 aromatic heterocycles. The average Bonchev–Trinajstić information content (AvgIpc) is 3.24. The van der Waals surface area contributed by atoms with Crippen molar-refractivity contribution in [3.05, 3.63) is 106 Å². The van der Waals surface area contributed by atoms with Crippen LogP contribution in [0.1, 0.15) is 46.2 Å². The van der Waals surface area contributed by atoms with Crippen LogP contribution in [0.15, 0.2) is 77.9 Å². The number of nitrogens with one attached hydrogen (secondary N) is 1. The van der Waals surface area contributed by atoms with Gasteiger partial charge >= 0.3 is 12.1 Å². The summed E-state index contributed by atoms with van der Waals surface area (Å²) in [6, 6.07) is 18.4. The maximum absolute atomic E-state index is 13.7. The molecule has 4 aromatic rings. The van der Waals surface area contributed by atoms with Gasteiger partial charge in [0.15, 0.2) is 5.71 Å². The maximum atomic E-state index is 13.7. The van der Waals surface area contributed by atoms with Gasteiger partial charge in [-0.05, 0) is 98.0 Å². The number of anilines is 3. The summed E-state index contributed by atoms with van der Waals surface area (Å²) in [5.41, 5.74) is 6.84. The summed E-state index contributed by atoms with van der Waals surface area (Å²) in [5.74, 6) is -2.44. The van der Waals surface area contributed by atoms with E-state index in [0.29, 0.717) is 22.4 Å². The van der Waals surface area contributed by atoms with Crippen LogP contribution in [0.3, 0.4) is 0 Å². The third kappa shape index (κ3) is 5.55. The molecule has 1 atom stereocenters. The van der Waals surface area contributed by atoms with Crippen LogP contribution in [0.25, 0.3) is 11.1 Å². The molecule has 0 fully saturated rings. The van der Waals surface area contributed by atoms with E-state index in [9.17, 15) is 33.0 Å². The molecule has 3 N–H and O–H groups in total. The number of fused-ring (bicyclic) bond motifs is 1. The minimum absolute atomic E-state index is 0.0495. The zero-order valence-electron chi connectivity index (χ0n) is 23.7. The minimum atomic E-state index is -4.61. The summed E-state index contributed by atoms with van der Waals surface area (Å²) < 4.78 is 40.9. The van der Waals surface area contributed by atoms with Crippen molar-refractivity contribution < 1.29 is 33.0 Å². The molecule has 10 heteroatoms. The number of carbonyl (C=O) groups is 2. The van der Waals surface area contributed by atoms with Crippen LogP contribution in [-0.2, 0) is 15.8 Å². The van der Waals surface area contributed by atoms with E-state index in [4.69, 9.17) is 0 Å². The Kier molecular flexibility index (Phi) is 7.47. The van der Waals surface area contributed by atoms with Gasteiger partial charge in [-0.15, -0.1) is 0 Å². The summed E-state index contributed by atoms with van der Waals surface area (Å²) in [6.07, 6.45) is -4.61. The van der Waals surface area contributed by atoms with Gasteiger partial charge in [0.05, 0.1) is 22.9 Å². The van der Waals surface area contributed by atoms with E-state index in [1.807, 2.05) is 13.8 Å². The van der Waals surface area contributed by atoms with Crippen molar-refractivity contribution in [2.24, 2.45) is 5.10 Å². The lowest BCUT2D eigenvalue weighted by atomic mass is 9.96. The molecule has 4 aromatic carbocycles. The Labute approximate surface area is 245 Å². The van der Waals surface area contributed by atoms with Gasteiger partial charge in [-0.2, -0.15) is 18.3 Å². The van der Waals surface area contributed by atoms with Gasteiger partial charge in [0.2, 0.25) is 0 Å². The lowest BCUT2D eigenvalue weighted by molar-refractivity contribution is -0.138. The van der Waals surface area contributed by atoms with Gasteiger partial charge in [-0.3, -0.25) is 19.9 Å². The molecular formula is C33H28F3N3O4. The number of hydrazone groups is 1. The predicted octanol–water partition coefficient (Wildman–Crippen LogP) is 7.69. The number of aryl methyl sites for hydroxylation is 3. The van der Waals surface area contributed by atoms with Crippen LogP contribution in [-0.4, -0.2) is 27.8 Å². The number of rotatable bonds is 6. The van der Waals surface area contributed by atoms with Gasteiger partial charge in [0.1, 0.15) is 5.75 Å². The zero-order valence-corrected chi connectivity index (χ0v) is 23.7. The number of carboxylic acid groups (broad SMARTS) is 1. The second-order valence-electron chi connectivity index (χ2n) is 10.6. The monoisotopic (exact) mass is 587 g/mol. The molecule has 220 valence electrons. The first-order chi connectivity index (χ1) is 20.3. The SMILES string of the molecule is Cc1cc(N/N=C2\C(=O)N(c3ccc(C)c(C)c3)c3cc(C(F)(F)F)ccc32)c(O)c(-c2ccc(C(C)C(=O)O)cc2)c1. The highest BCUT2D eigenvalue weighted by Gasteiger charge is 2.39. The van der Waals surface area contributed by atoms with E-state index in [0.717, 1.165) is 28.8 Å². The molecule has 0 spiro atoms. The number of hydrogen-bond acceptors (Lipinski definition) is 5. The summed E-state index contributed by atoms with van der Waals surface area (Å²) in [4.78, 5) is 26.2. The number of alkyl halides is 3. The van der Waals surface area contributed by atoms with Gasteiger partial charge in [0, 0.05) is 16.8 Å². The molecule has 1 unspecified atom stereocenters. The van der Waals surface area contributed by atoms with Crippen LogP contribution >= 0.6 is 0 Å². The second-order valence-corrected chi connectivity index (χ2v) is 10.6. The maximum Gasteiger partial charge on any atom is 0.416 e. The minimum Gasteiger partial charge on any atom is -0.505 e. The van der Waals surface area contributed by atoms with E-state index in [1.165, 1.54) is 11.0 Å². The standard InChI is InChI=1S/C33H28F3N3O4/c1-17-13-26(22-8-6-21(7-9-22)20(4)32(42)43)30(40)27(14-17)37-38-29-25-12-10-23(33(34,35)36)16-28(25)39(31(29)41)24-11-5-18(2)19(3)15-24/h5-16,20,37,40H,1-4H3,(H,42,43)/b38-29-. The highest BCUT2D eigenvalue weighted by Crippen LogP contribution is 2.42. The van der Waals surface area contributed by atoms with Crippen LogP contribution in [0, 0.1) is 20.8 Å². The zero-order chi connectivity index (χ0) is 31.2. The van der Waals surface area contributed by atoms with Crippen LogP contribution < -0.4 is 10.3 Å². The fourth-order valence-electron chi connectivity index (χ4n) is 4.95. The van der Waals surface area contributed by atoms with Gasteiger partial charge in [-0.25, -0.2) is 0 Å². The van der Waals surface area contributed by atoms with Crippen molar-refractivity contribution in [3.63, 3.8) is 0 Å². The molecule has 7 nitrogen and oxygen atoms in total. The van der Waals surface area contributed by atoms with Crippen molar-refractivity contribution in [2.75, 3.05) is 10.3 Å². The lowest BCUT2D eigenvalue weighted by Crippen LogP contribution is -2.26. The number of phenols is 1. The fourth-order valence-corrected chi connectivity index (χ4v) is 4.95. The molecule has 1 aliphatic rings. The van der Waals surface area contributed by atoms with Crippen LogP contribution in [0.4, 0.5) is 30.2 Å². The second kappa shape index (κ2) is 10.9. The molecule has 1 heterocycles. The van der Waals surface area contributed by atoms with Gasteiger partial charge in [-0.1, -0.05) is 30.3 Å². The highest BCUT2D eigenvalue weighted by atomic mass is 19.4. The van der Waals surface area contributed by atoms with Crippen LogP contribution in [0.5, 0.6) is 5.75 Å². The van der Waals surface area contributed by atoms with E-state index >= 15 is 0 Å². The summed E-state index contributed by atoms with van der Waals surface area (Å²) in [5, 5.41) is 24.7. The summed E-state index contributed by atoms with van der Waals surface area (Å²) >= 11 is 0. The molecular weight excluding hydrogens is 559 g/mol. The molecule has 0 saturated heterocycles. The van der Waals surface area contributed by atoms with Gasteiger partial charge < -0.3 is 10.2 Å². The summed E-state index contributed by atoms with van der Waals surface area (Å²) in [6.45, 7) is 7.13. The van der Waals surface area contributed by atoms with Crippen molar-refractivity contribution in [2.45, 2.75) is 39.8 Å². The van der Waals surface area contributed by atoms with Crippen molar-refractivity contribution in [3.8, 4) is 16.9 Å². The number of hydrogen-bond donors (Lipinski definition) is 3. The predicted molar refractivity (Wildman–Crippen MR) is 159 cm³/mol. The third-order valence-corrected chi connectivity index (χ3v) is 7.61. The number of halogens is 3. The van der Waals surface area contributed by atoms with E-state index in [2.05, 4.69) is 10.5 Å². The van der Waals surface area contributed by atoms with Crippen LogP contribution in [0.2, 0.25) is 0 Å². The van der Waals surface area contributed by atoms with Crippen molar-refractivity contribution >= 4 is 34.7 Å². The summed E-state index contributed by atoms with van der Waals surface area (Å²) in [7, 11) is 0. The Morgan fingerprint density at radius 3 is 2.23 bits per heavy atom. The first-order valence-corrected chi connectivity index (χ1v) is 13.4.